The second-order valence-electron chi connectivity index (χ2n) is 9.12. The summed E-state index contributed by atoms with van der Waals surface area (Å²) >= 11 is 1.80. The Morgan fingerprint density at radius 2 is 1.63 bits per heavy atom. The topological polar surface area (TPSA) is 43.9 Å². The average molecular weight is 422 g/mol. The maximum Gasteiger partial charge on any atom is 0.233 e. The van der Waals surface area contributed by atoms with E-state index in [1.54, 1.807) is 16.2 Å². The molecule has 1 aromatic heterocycles. The first-order chi connectivity index (χ1) is 14.7. The van der Waals surface area contributed by atoms with Crippen LogP contribution in [-0.4, -0.2) is 60.9 Å². The molecule has 5 nitrogen and oxygen atoms in total. The van der Waals surface area contributed by atoms with E-state index in [2.05, 4.69) is 51.6 Å². The highest BCUT2D eigenvalue weighted by Crippen LogP contribution is 2.52. The van der Waals surface area contributed by atoms with Crippen molar-refractivity contribution >= 4 is 38.9 Å². The van der Waals surface area contributed by atoms with Gasteiger partial charge in [0.25, 0.3) is 0 Å². The van der Waals surface area contributed by atoms with Gasteiger partial charge in [-0.3, -0.25) is 19.4 Å². The van der Waals surface area contributed by atoms with Crippen LogP contribution < -0.4 is 4.90 Å². The number of imide groups is 1. The van der Waals surface area contributed by atoms with Crippen LogP contribution in [0.25, 0.3) is 10.1 Å². The summed E-state index contributed by atoms with van der Waals surface area (Å²) < 4.78 is 1.35. The number of piperazine rings is 1. The first-order valence-electron chi connectivity index (χ1n) is 11.2. The highest BCUT2D eigenvalue weighted by atomic mass is 32.1. The Labute approximate surface area is 180 Å². The second kappa shape index (κ2) is 7.20. The first-order valence-corrected chi connectivity index (χ1v) is 12.1. The molecular formula is C24H27N3O2S. The van der Waals surface area contributed by atoms with E-state index in [0.717, 1.165) is 45.6 Å². The molecule has 0 unspecified atom stereocenters. The molecule has 2 bridgehead atoms. The van der Waals surface area contributed by atoms with E-state index in [1.807, 2.05) is 0 Å². The van der Waals surface area contributed by atoms with E-state index < -0.39 is 0 Å². The van der Waals surface area contributed by atoms with E-state index in [9.17, 15) is 9.59 Å². The third-order valence-electron chi connectivity index (χ3n) is 7.60. The predicted octanol–water partition coefficient (Wildman–Crippen LogP) is 3.22. The van der Waals surface area contributed by atoms with Gasteiger partial charge in [0.05, 0.1) is 11.8 Å². The van der Waals surface area contributed by atoms with Crippen LogP contribution >= 0.6 is 11.3 Å². The molecule has 0 spiro atoms. The van der Waals surface area contributed by atoms with E-state index in [4.69, 9.17) is 0 Å². The van der Waals surface area contributed by atoms with Gasteiger partial charge in [-0.05, 0) is 54.8 Å². The molecule has 2 aromatic rings. The van der Waals surface area contributed by atoms with Crippen LogP contribution in [0, 0.1) is 23.7 Å². The highest BCUT2D eigenvalue weighted by Gasteiger charge is 2.58. The lowest BCUT2D eigenvalue weighted by Gasteiger charge is -2.36. The molecule has 3 fully saturated rings. The number of anilines is 1. The molecule has 156 valence electrons. The summed E-state index contributed by atoms with van der Waals surface area (Å²) in [6.07, 6.45) is 6.21. The van der Waals surface area contributed by atoms with Gasteiger partial charge in [-0.15, -0.1) is 11.3 Å². The second-order valence-corrected chi connectivity index (χ2v) is 10.1. The van der Waals surface area contributed by atoms with E-state index in [0.29, 0.717) is 18.4 Å². The number of rotatable bonds is 5. The van der Waals surface area contributed by atoms with Gasteiger partial charge >= 0.3 is 0 Å². The van der Waals surface area contributed by atoms with Crippen molar-refractivity contribution in [1.29, 1.82) is 0 Å². The maximum absolute atomic E-state index is 12.8. The summed E-state index contributed by atoms with van der Waals surface area (Å²) in [4.78, 5) is 32.2. The minimum atomic E-state index is -0.0594. The van der Waals surface area contributed by atoms with Crippen LogP contribution in [0.1, 0.15) is 12.8 Å². The number of carbonyl (C=O) groups is 2. The Bertz CT molecular complexity index is 992. The van der Waals surface area contributed by atoms with Crippen LogP contribution in [0.3, 0.4) is 0 Å². The lowest BCUT2D eigenvalue weighted by atomic mass is 9.85. The fourth-order valence-corrected chi connectivity index (χ4v) is 6.91. The maximum atomic E-state index is 12.8. The number of likely N-dealkylation sites (tertiary alicyclic amines) is 1. The zero-order valence-electron chi connectivity index (χ0n) is 17.1. The smallest absolute Gasteiger partial charge is 0.233 e. The van der Waals surface area contributed by atoms with Crippen molar-refractivity contribution < 1.29 is 9.59 Å². The molecule has 2 saturated heterocycles. The number of carbonyl (C=O) groups excluding carboxylic acids is 2. The SMILES string of the molecule is O=C1[C@@H]2[C@H](C(=O)N1CCCN1CCN(c3cccc4sccc34)CC1)[C@H]1C=C[C@@H]2C1. The lowest BCUT2D eigenvalue weighted by Crippen LogP contribution is -2.47. The number of thiophene rings is 1. The molecule has 4 atom stereocenters. The molecule has 0 N–H and O–H groups in total. The van der Waals surface area contributed by atoms with Crippen molar-refractivity contribution in [2.75, 3.05) is 44.2 Å². The van der Waals surface area contributed by atoms with E-state index in [1.165, 1.54) is 15.8 Å². The van der Waals surface area contributed by atoms with Gasteiger partial charge in [0.2, 0.25) is 11.8 Å². The largest absolute Gasteiger partial charge is 0.368 e. The quantitative estimate of drug-likeness (QED) is 0.549. The van der Waals surface area contributed by atoms with Crippen molar-refractivity contribution in [3.8, 4) is 0 Å². The zero-order valence-corrected chi connectivity index (χ0v) is 17.9. The molecule has 6 rings (SSSR count). The summed E-state index contributed by atoms with van der Waals surface area (Å²) in [6, 6.07) is 8.80. The van der Waals surface area contributed by atoms with Crippen molar-refractivity contribution in [1.82, 2.24) is 9.80 Å². The monoisotopic (exact) mass is 421 g/mol. The van der Waals surface area contributed by atoms with Gasteiger partial charge in [-0.25, -0.2) is 0 Å². The number of nitrogens with zero attached hydrogens (tertiary/aromatic N) is 3. The fourth-order valence-electron chi connectivity index (χ4n) is 6.10. The Balaban J connectivity index is 1.02. The summed E-state index contributed by atoms with van der Waals surface area (Å²) in [6.45, 7) is 5.64. The van der Waals surface area contributed by atoms with Gasteiger partial charge in [0.15, 0.2) is 0 Å². The lowest BCUT2D eigenvalue weighted by molar-refractivity contribution is -0.140. The Morgan fingerprint density at radius 3 is 2.37 bits per heavy atom. The third-order valence-corrected chi connectivity index (χ3v) is 8.49. The summed E-state index contributed by atoms with van der Waals surface area (Å²) in [5.41, 5.74) is 1.34. The summed E-state index contributed by atoms with van der Waals surface area (Å²) in [5, 5.41) is 3.53. The van der Waals surface area contributed by atoms with E-state index >= 15 is 0 Å². The normalized spacial score (nSPS) is 30.8. The molecular weight excluding hydrogens is 394 g/mol. The van der Waals surface area contributed by atoms with Gasteiger partial charge < -0.3 is 4.90 Å². The number of allylic oxidation sites excluding steroid dienone is 2. The molecule has 0 radical (unpaired) electrons. The van der Waals surface area contributed by atoms with Crippen molar-refractivity contribution in [3.05, 3.63) is 41.8 Å². The molecule has 30 heavy (non-hydrogen) atoms. The highest BCUT2D eigenvalue weighted by molar-refractivity contribution is 7.17. The van der Waals surface area contributed by atoms with Gasteiger partial charge in [-0.1, -0.05) is 18.2 Å². The molecule has 1 saturated carbocycles. The number of benzene rings is 1. The van der Waals surface area contributed by atoms with Gasteiger partial charge in [-0.2, -0.15) is 0 Å². The first kappa shape index (κ1) is 18.6. The van der Waals surface area contributed by atoms with Crippen molar-refractivity contribution in [3.63, 3.8) is 0 Å². The molecule has 2 amide bonds. The van der Waals surface area contributed by atoms with Crippen molar-refractivity contribution in [2.24, 2.45) is 23.7 Å². The molecule has 6 heteroatoms. The molecule has 3 heterocycles. The summed E-state index contributed by atoms with van der Waals surface area (Å²) in [5.74, 6) is 0.683. The molecule has 2 aliphatic carbocycles. The summed E-state index contributed by atoms with van der Waals surface area (Å²) in [7, 11) is 0. The van der Waals surface area contributed by atoms with Crippen LogP contribution in [0.5, 0.6) is 0 Å². The van der Waals surface area contributed by atoms with Crippen LogP contribution in [0.4, 0.5) is 5.69 Å². The van der Waals surface area contributed by atoms with Crippen LogP contribution in [0.2, 0.25) is 0 Å². The fraction of sp³-hybridized carbons (Fsp3) is 0.500. The predicted molar refractivity (Wildman–Crippen MR) is 120 cm³/mol. The van der Waals surface area contributed by atoms with Gasteiger partial charge in [0, 0.05) is 48.5 Å². The zero-order chi connectivity index (χ0) is 20.2. The van der Waals surface area contributed by atoms with Crippen LogP contribution in [-0.2, 0) is 9.59 Å². The minimum Gasteiger partial charge on any atom is -0.368 e. The number of amides is 2. The average Bonchev–Trinajstić information content (AvgIpc) is 3.54. The molecule has 2 aliphatic heterocycles. The third kappa shape index (κ3) is 2.84. The van der Waals surface area contributed by atoms with Crippen LogP contribution in [0.15, 0.2) is 41.8 Å². The van der Waals surface area contributed by atoms with Gasteiger partial charge in [0.1, 0.15) is 0 Å². The number of hydrogen-bond acceptors (Lipinski definition) is 5. The Morgan fingerprint density at radius 1 is 0.900 bits per heavy atom. The standard InChI is InChI=1S/C24H27N3O2S/c28-23-21-16-5-6-17(15-16)22(21)24(29)27(23)9-2-8-25-10-12-26(13-11-25)19-3-1-4-20-18(19)7-14-30-20/h1,3-7,14,16-17,21-22H,2,8-13,15H2/t16-,17+,21+,22-. The molecule has 4 aliphatic rings. The Kier molecular flexibility index (Phi) is 4.46. The number of fused-ring (bicyclic) bond motifs is 6. The minimum absolute atomic E-state index is 0.0594. The number of hydrogen-bond donors (Lipinski definition) is 0. The van der Waals surface area contributed by atoms with E-state index in [-0.39, 0.29) is 23.7 Å². The van der Waals surface area contributed by atoms with Crippen molar-refractivity contribution in [2.45, 2.75) is 12.8 Å². The molecule has 1 aromatic carbocycles. The Hall–Kier alpha value is -2.18.